The molecule has 0 radical (unpaired) electrons. The number of nitrogens with zero attached hydrogens (tertiary/aromatic N) is 3. The zero-order valence-electron chi connectivity index (χ0n) is 8.70. The molecule has 1 aromatic heterocycles. The van der Waals surface area contributed by atoms with Gasteiger partial charge in [0.1, 0.15) is 11.6 Å². The highest BCUT2D eigenvalue weighted by Gasteiger charge is 2.12. The average Bonchev–Trinajstić information content (AvgIpc) is 2.45. The molecule has 5 nitrogen and oxygen atoms in total. The lowest BCUT2D eigenvalue weighted by molar-refractivity contribution is 0.711. The largest absolute Gasteiger partial charge is 0.382 e. The van der Waals surface area contributed by atoms with Gasteiger partial charge in [0.05, 0.1) is 12.0 Å². The number of hydrogen-bond acceptors (Lipinski definition) is 4. The van der Waals surface area contributed by atoms with E-state index in [0.717, 1.165) is 5.82 Å². The predicted octanol–water partition coefficient (Wildman–Crippen LogP) is 0.896. The maximum Gasteiger partial charge on any atom is 0.171 e. The number of anilines is 2. The molecule has 0 bridgehead atoms. The van der Waals surface area contributed by atoms with Crippen LogP contribution in [0.25, 0.3) is 0 Å². The van der Waals surface area contributed by atoms with Crippen molar-refractivity contribution < 1.29 is 0 Å². The fourth-order valence-electron chi connectivity index (χ4n) is 1.33. The number of aryl methyl sites for hydroxylation is 1. The first-order chi connectivity index (χ1) is 6.54. The van der Waals surface area contributed by atoms with Crippen molar-refractivity contribution in [1.82, 2.24) is 9.97 Å². The van der Waals surface area contributed by atoms with Crippen molar-refractivity contribution in [2.24, 2.45) is 5.92 Å². The molecule has 14 heavy (non-hydrogen) atoms. The molecule has 1 aromatic rings. The first-order valence-corrected chi connectivity index (χ1v) is 4.47. The minimum atomic E-state index is -0.0311. The van der Waals surface area contributed by atoms with Crippen LogP contribution in [-0.2, 0) is 0 Å². The number of nitrogens with two attached hydrogens (primary N) is 1. The SMILES string of the molecule is Cc1nc(N(C)CC(C)C#N)c(N)[nH]1. The van der Waals surface area contributed by atoms with Crippen LogP contribution in [0.15, 0.2) is 0 Å². The summed E-state index contributed by atoms with van der Waals surface area (Å²) < 4.78 is 0. The standard InChI is InChI=1S/C9H15N5/c1-6(4-10)5-14(3)9-8(11)12-7(2)13-9/h6H,5,11H2,1-3H3,(H,12,13). The van der Waals surface area contributed by atoms with Crippen LogP contribution in [0.5, 0.6) is 0 Å². The van der Waals surface area contributed by atoms with E-state index in [1.165, 1.54) is 0 Å². The molecular weight excluding hydrogens is 178 g/mol. The molecular formula is C9H15N5. The Morgan fingerprint density at radius 3 is 2.79 bits per heavy atom. The van der Waals surface area contributed by atoms with E-state index in [-0.39, 0.29) is 5.92 Å². The van der Waals surface area contributed by atoms with E-state index in [1.54, 1.807) is 0 Å². The molecule has 0 amide bonds. The average molecular weight is 193 g/mol. The lowest BCUT2D eigenvalue weighted by Gasteiger charge is -2.17. The van der Waals surface area contributed by atoms with Gasteiger partial charge < -0.3 is 15.6 Å². The fourth-order valence-corrected chi connectivity index (χ4v) is 1.33. The molecule has 0 aliphatic carbocycles. The van der Waals surface area contributed by atoms with Crippen LogP contribution in [0.4, 0.5) is 11.6 Å². The van der Waals surface area contributed by atoms with Crippen molar-refractivity contribution in [3.63, 3.8) is 0 Å². The Balaban J connectivity index is 2.75. The molecule has 0 saturated carbocycles. The Labute approximate surface area is 83.5 Å². The van der Waals surface area contributed by atoms with Gasteiger partial charge in [0.25, 0.3) is 0 Å². The maximum absolute atomic E-state index is 8.67. The van der Waals surface area contributed by atoms with E-state index in [9.17, 15) is 0 Å². The second kappa shape index (κ2) is 4.01. The third-order valence-electron chi connectivity index (χ3n) is 1.96. The Kier molecular flexibility index (Phi) is 2.97. The van der Waals surface area contributed by atoms with E-state index >= 15 is 0 Å². The number of aromatic nitrogens is 2. The van der Waals surface area contributed by atoms with Gasteiger partial charge in [-0.25, -0.2) is 4.98 Å². The number of imidazole rings is 1. The molecule has 1 unspecified atom stereocenters. The predicted molar refractivity (Wildman–Crippen MR) is 55.8 cm³/mol. The van der Waals surface area contributed by atoms with Crippen LogP contribution in [0.1, 0.15) is 12.7 Å². The highest BCUT2D eigenvalue weighted by atomic mass is 15.2. The second-order valence-corrected chi connectivity index (χ2v) is 3.47. The van der Waals surface area contributed by atoms with E-state index < -0.39 is 0 Å². The minimum absolute atomic E-state index is 0.0311. The molecule has 1 heterocycles. The van der Waals surface area contributed by atoms with Gasteiger partial charge in [0.2, 0.25) is 0 Å². The van der Waals surface area contributed by atoms with E-state index in [0.29, 0.717) is 18.2 Å². The fraction of sp³-hybridized carbons (Fsp3) is 0.556. The van der Waals surface area contributed by atoms with Gasteiger partial charge in [-0.15, -0.1) is 0 Å². The van der Waals surface area contributed by atoms with Crippen molar-refractivity contribution in [1.29, 1.82) is 5.26 Å². The smallest absolute Gasteiger partial charge is 0.171 e. The van der Waals surface area contributed by atoms with Gasteiger partial charge in [0, 0.05) is 13.6 Å². The topological polar surface area (TPSA) is 81.7 Å². The zero-order valence-corrected chi connectivity index (χ0v) is 8.70. The van der Waals surface area contributed by atoms with Gasteiger partial charge in [-0.05, 0) is 13.8 Å². The van der Waals surface area contributed by atoms with Crippen LogP contribution in [0.2, 0.25) is 0 Å². The summed E-state index contributed by atoms with van der Waals surface area (Å²) in [4.78, 5) is 9.04. The van der Waals surface area contributed by atoms with Crippen LogP contribution in [0.3, 0.4) is 0 Å². The van der Waals surface area contributed by atoms with E-state index in [2.05, 4.69) is 16.0 Å². The first kappa shape index (κ1) is 10.4. The molecule has 0 aromatic carbocycles. The highest BCUT2D eigenvalue weighted by Crippen LogP contribution is 2.18. The summed E-state index contributed by atoms with van der Waals surface area (Å²) in [5.41, 5.74) is 5.72. The van der Waals surface area contributed by atoms with Gasteiger partial charge in [-0.3, -0.25) is 0 Å². The van der Waals surface area contributed by atoms with Gasteiger partial charge >= 0.3 is 0 Å². The molecule has 0 fully saturated rings. The number of aromatic amines is 1. The number of nitrogen functional groups attached to an aromatic ring is 1. The summed E-state index contributed by atoms with van der Waals surface area (Å²) in [7, 11) is 1.87. The third kappa shape index (κ3) is 2.16. The number of H-pyrrole nitrogens is 1. The van der Waals surface area contributed by atoms with Crippen LogP contribution in [0, 0.1) is 24.2 Å². The number of rotatable bonds is 3. The third-order valence-corrected chi connectivity index (χ3v) is 1.96. The second-order valence-electron chi connectivity index (χ2n) is 3.47. The molecule has 1 atom stereocenters. The van der Waals surface area contributed by atoms with Gasteiger partial charge in [-0.2, -0.15) is 5.26 Å². The quantitative estimate of drug-likeness (QED) is 0.747. The van der Waals surface area contributed by atoms with Crippen LogP contribution >= 0.6 is 0 Å². The summed E-state index contributed by atoms with van der Waals surface area (Å²) in [6.45, 7) is 4.35. The van der Waals surface area contributed by atoms with Crippen molar-refractivity contribution in [2.75, 3.05) is 24.2 Å². The Morgan fingerprint density at radius 2 is 2.36 bits per heavy atom. The molecule has 3 N–H and O–H groups in total. The Hall–Kier alpha value is -1.70. The van der Waals surface area contributed by atoms with Crippen LogP contribution < -0.4 is 10.6 Å². The van der Waals surface area contributed by atoms with Crippen molar-refractivity contribution >= 4 is 11.6 Å². The summed E-state index contributed by atoms with van der Waals surface area (Å²) >= 11 is 0. The van der Waals surface area contributed by atoms with Crippen molar-refractivity contribution in [2.45, 2.75) is 13.8 Å². The molecule has 1 rings (SSSR count). The summed E-state index contributed by atoms with van der Waals surface area (Å²) in [6, 6.07) is 2.17. The summed E-state index contributed by atoms with van der Waals surface area (Å²) in [5, 5.41) is 8.67. The number of nitriles is 1. The molecule has 0 aliphatic rings. The van der Waals surface area contributed by atoms with Crippen molar-refractivity contribution in [3.8, 4) is 6.07 Å². The molecule has 0 spiro atoms. The molecule has 0 saturated heterocycles. The van der Waals surface area contributed by atoms with Gasteiger partial charge in [-0.1, -0.05) is 0 Å². The van der Waals surface area contributed by atoms with Gasteiger partial charge in [0.15, 0.2) is 5.82 Å². The normalized spacial score (nSPS) is 12.1. The summed E-state index contributed by atoms with van der Waals surface area (Å²) in [6.07, 6.45) is 0. The summed E-state index contributed by atoms with van der Waals surface area (Å²) in [5.74, 6) is 2.02. The Morgan fingerprint density at radius 1 is 1.71 bits per heavy atom. The number of hydrogen-bond donors (Lipinski definition) is 2. The maximum atomic E-state index is 8.67. The molecule has 5 heteroatoms. The lowest BCUT2D eigenvalue weighted by Crippen LogP contribution is -2.24. The first-order valence-electron chi connectivity index (χ1n) is 4.47. The Bertz CT molecular complexity index is 349. The van der Waals surface area contributed by atoms with E-state index in [1.807, 2.05) is 25.8 Å². The minimum Gasteiger partial charge on any atom is -0.382 e. The van der Waals surface area contributed by atoms with Crippen molar-refractivity contribution in [3.05, 3.63) is 5.82 Å². The highest BCUT2D eigenvalue weighted by molar-refractivity contribution is 5.58. The van der Waals surface area contributed by atoms with E-state index in [4.69, 9.17) is 11.0 Å². The number of nitrogens with one attached hydrogen (secondary N) is 1. The van der Waals surface area contributed by atoms with Crippen LogP contribution in [-0.4, -0.2) is 23.6 Å². The molecule has 0 aliphatic heterocycles. The zero-order chi connectivity index (χ0) is 10.7. The lowest BCUT2D eigenvalue weighted by atomic mass is 10.2. The monoisotopic (exact) mass is 193 g/mol. The molecule has 76 valence electrons.